The van der Waals surface area contributed by atoms with Crippen molar-refractivity contribution in [2.45, 2.75) is 70.4 Å². The summed E-state index contributed by atoms with van der Waals surface area (Å²) in [5.74, 6) is 0.886. The van der Waals surface area contributed by atoms with Crippen LogP contribution in [-0.4, -0.2) is 48.1 Å². The van der Waals surface area contributed by atoms with E-state index in [1.54, 1.807) is 0 Å². The number of nitrogens with one attached hydrogen (secondary N) is 2. The molecule has 152 valence electrons. The maximum atomic E-state index is 4.47. The summed E-state index contributed by atoms with van der Waals surface area (Å²) in [6.45, 7) is 6.34. The van der Waals surface area contributed by atoms with Crippen molar-refractivity contribution in [2.75, 3.05) is 26.7 Å². The van der Waals surface area contributed by atoms with Gasteiger partial charge in [0.15, 0.2) is 5.96 Å². The van der Waals surface area contributed by atoms with Crippen molar-refractivity contribution < 1.29 is 0 Å². The van der Waals surface area contributed by atoms with Gasteiger partial charge in [0.2, 0.25) is 0 Å². The highest BCUT2D eigenvalue weighted by molar-refractivity contribution is 14.0. The van der Waals surface area contributed by atoms with Crippen LogP contribution in [0.1, 0.15) is 62.6 Å². The van der Waals surface area contributed by atoms with Crippen LogP contribution in [0.25, 0.3) is 0 Å². The minimum absolute atomic E-state index is 0. The van der Waals surface area contributed by atoms with Crippen molar-refractivity contribution in [1.82, 2.24) is 20.5 Å². The van der Waals surface area contributed by atoms with E-state index in [0.29, 0.717) is 12.1 Å². The van der Waals surface area contributed by atoms with Gasteiger partial charge >= 0.3 is 0 Å². The van der Waals surface area contributed by atoms with E-state index in [-0.39, 0.29) is 24.0 Å². The average Bonchev–Trinajstić information content (AvgIpc) is 2.71. The fourth-order valence-electron chi connectivity index (χ4n) is 4.52. The molecule has 2 heterocycles. The number of hydrogen-bond donors (Lipinski definition) is 2. The third-order valence-electron chi connectivity index (χ3n) is 6.16. The molecule has 0 atom stereocenters. The summed E-state index contributed by atoms with van der Waals surface area (Å²) < 4.78 is 0. The fourth-order valence-corrected chi connectivity index (χ4v) is 4.52. The van der Waals surface area contributed by atoms with Crippen molar-refractivity contribution in [2.24, 2.45) is 4.99 Å². The van der Waals surface area contributed by atoms with E-state index in [1.165, 1.54) is 70.0 Å². The monoisotopic (exact) mass is 485 g/mol. The molecule has 0 aromatic carbocycles. The van der Waals surface area contributed by atoms with Gasteiger partial charge in [-0.3, -0.25) is 14.9 Å². The number of piperidine rings is 1. The first-order valence-electron chi connectivity index (χ1n) is 10.3. The number of hydrogen-bond acceptors (Lipinski definition) is 3. The smallest absolute Gasteiger partial charge is 0.191 e. The van der Waals surface area contributed by atoms with Crippen LogP contribution in [0, 0.1) is 6.92 Å². The molecule has 2 aliphatic rings. The molecule has 3 rings (SSSR count). The lowest BCUT2D eigenvalue weighted by atomic mass is 9.79. The molecule has 1 aliphatic heterocycles. The van der Waals surface area contributed by atoms with Crippen LogP contribution in [-0.2, 0) is 6.54 Å². The predicted molar refractivity (Wildman–Crippen MR) is 124 cm³/mol. The van der Waals surface area contributed by atoms with Gasteiger partial charge in [-0.25, -0.2) is 0 Å². The van der Waals surface area contributed by atoms with Gasteiger partial charge in [0.05, 0.1) is 12.2 Å². The molecular formula is C21H36IN5. The number of likely N-dealkylation sites (tertiary alicyclic amines) is 1. The zero-order chi connectivity index (χ0) is 18.2. The predicted octanol–water partition coefficient (Wildman–Crippen LogP) is 3.86. The Balaban J connectivity index is 0.00000261. The van der Waals surface area contributed by atoms with Crippen molar-refractivity contribution >= 4 is 29.9 Å². The first-order valence-corrected chi connectivity index (χ1v) is 10.3. The van der Waals surface area contributed by atoms with Crippen LogP contribution in [0.15, 0.2) is 23.3 Å². The zero-order valence-corrected chi connectivity index (χ0v) is 19.3. The minimum atomic E-state index is 0. The molecule has 5 nitrogen and oxygen atoms in total. The van der Waals surface area contributed by atoms with Gasteiger partial charge in [0, 0.05) is 25.3 Å². The third kappa shape index (κ3) is 6.04. The number of aryl methyl sites for hydroxylation is 1. The first kappa shape index (κ1) is 22.4. The summed E-state index contributed by atoms with van der Waals surface area (Å²) in [7, 11) is 1.86. The molecule has 1 aromatic heterocycles. The van der Waals surface area contributed by atoms with Crippen molar-refractivity contribution in [1.29, 1.82) is 0 Å². The molecule has 1 saturated carbocycles. The fraction of sp³-hybridized carbons (Fsp3) is 0.714. The molecule has 0 amide bonds. The van der Waals surface area contributed by atoms with E-state index in [1.807, 2.05) is 19.3 Å². The number of guanidine groups is 1. The van der Waals surface area contributed by atoms with E-state index in [9.17, 15) is 0 Å². The Bertz CT molecular complexity index is 592. The van der Waals surface area contributed by atoms with E-state index >= 15 is 0 Å². The largest absolute Gasteiger partial charge is 0.355 e. The molecule has 6 heteroatoms. The second-order valence-corrected chi connectivity index (χ2v) is 7.88. The molecule has 0 radical (unpaired) electrons. The lowest BCUT2D eigenvalue weighted by molar-refractivity contribution is 0.0368. The maximum Gasteiger partial charge on any atom is 0.191 e. The number of halogens is 1. The Morgan fingerprint density at radius 1 is 1.11 bits per heavy atom. The molecule has 1 saturated heterocycles. The second kappa shape index (κ2) is 11.2. The molecule has 0 bridgehead atoms. The van der Waals surface area contributed by atoms with Gasteiger partial charge in [0.1, 0.15) is 0 Å². The second-order valence-electron chi connectivity index (χ2n) is 7.88. The first-order chi connectivity index (χ1) is 12.7. The molecular weight excluding hydrogens is 449 g/mol. The molecule has 0 unspecified atom stereocenters. The molecule has 2 fully saturated rings. The molecule has 1 aromatic rings. The van der Waals surface area contributed by atoms with Crippen molar-refractivity contribution in [3.05, 3.63) is 29.6 Å². The summed E-state index contributed by atoms with van der Waals surface area (Å²) in [5, 5.41) is 7.08. The summed E-state index contributed by atoms with van der Waals surface area (Å²) in [4.78, 5) is 11.7. The van der Waals surface area contributed by atoms with Crippen molar-refractivity contribution in [3.63, 3.8) is 0 Å². The van der Waals surface area contributed by atoms with Crippen LogP contribution in [0.4, 0.5) is 0 Å². The lowest BCUT2D eigenvalue weighted by Crippen LogP contribution is -2.59. The number of aliphatic imine (C=N–C) groups is 1. The molecule has 27 heavy (non-hydrogen) atoms. The Morgan fingerprint density at radius 2 is 1.81 bits per heavy atom. The highest BCUT2D eigenvalue weighted by Crippen LogP contribution is 2.35. The van der Waals surface area contributed by atoms with Gasteiger partial charge in [-0.2, -0.15) is 0 Å². The summed E-state index contributed by atoms with van der Waals surface area (Å²) >= 11 is 0. The summed E-state index contributed by atoms with van der Waals surface area (Å²) in [6, 6.07) is 4.09. The van der Waals surface area contributed by atoms with Crippen LogP contribution in [0.5, 0.6) is 0 Å². The van der Waals surface area contributed by atoms with E-state index in [2.05, 4.69) is 38.5 Å². The average molecular weight is 485 g/mol. The van der Waals surface area contributed by atoms with Crippen LogP contribution in [0.2, 0.25) is 0 Å². The summed E-state index contributed by atoms with van der Waals surface area (Å²) in [5.41, 5.74) is 2.61. The Labute approximate surface area is 181 Å². The zero-order valence-electron chi connectivity index (χ0n) is 17.0. The summed E-state index contributed by atoms with van der Waals surface area (Å²) in [6.07, 6.45) is 12.7. The standard InChI is InChI=1S/C21H35N5.HI/c1-18-10-9-13-23-19(18)16-24-20(22-2)25-17-21(11-5-3-6-12-21)26-14-7-4-8-15-26;/h9-10,13H,3-8,11-12,14-17H2,1-2H3,(H2,22,24,25);1H. The van der Waals surface area contributed by atoms with Gasteiger partial charge in [0.25, 0.3) is 0 Å². The van der Waals surface area contributed by atoms with E-state index in [4.69, 9.17) is 0 Å². The molecule has 0 spiro atoms. The minimum Gasteiger partial charge on any atom is -0.355 e. The third-order valence-corrected chi connectivity index (χ3v) is 6.16. The normalized spacial score (nSPS) is 20.6. The van der Waals surface area contributed by atoms with Crippen LogP contribution < -0.4 is 10.6 Å². The number of rotatable bonds is 5. The van der Waals surface area contributed by atoms with Gasteiger partial charge in [-0.1, -0.05) is 31.7 Å². The highest BCUT2D eigenvalue weighted by atomic mass is 127. The van der Waals surface area contributed by atoms with Crippen LogP contribution >= 0.6 is 24.0 Å². The number of nitrogens with zero attached hydrogens (tertiary/aromatic N) is 3. The van der Waals surface area contributed by atoms with Crippen LogP contribution in [0.3, 0.4) is 0 Å². The van der Waals surface area contributed by atoms with E-state index < -0.39 is 0 Å². The number of aromatic nitrogens is 1. The lowest BCUT2D eigenvalue weighted by Gasteiger charge is -2.48. The Hall–Kier alpha value is -0.890. The quantitative estimate of drug-likeness (QED) is 0.378. The number of pyridine rings is 1. The van der Waals surface area contributed by atoms with Gasteiger partial charge < -0.3 is 10.6 Å². The molecule has 1 aliphatic carbocycles. The van der Waals surface area contributed by atoms with E-state index in [0.717, 1.165) is 18.2 Å². The Kier molecular flexibility index (Phi) is 9.29. The van der Waals surface area contributed by atoms with Gasteiger partial charge in [-0.15, -0.1) is 24.0 Å². The Morgan fingerprint density at radius 3 is 2.48 bits per heavy atom. The topological polar surface area (TPSA) is 52.6 Å². The SMILES string of the molecule is CN=C(NCc1ncccc1C)NCC1(N2CCCCC2)CCCCC1.I. The maximum absolute atomic E-state index is 4.47. The molecule has 2 N–H and O–H groups in total. The van der Waals surface area contributed by atoms with Crippen molar-refractivity contribution in [3.8, 4) is 0 Å². The highest BCUT2D eigenvalue weighted by Gasteiger charge is 2.38. The van der Waals surface area contributed by atoms with Gasteiger partial charge in [-0.05, 0) is 57.3 Å².